The molecule has 0 aliphatic heterocycles. The van der Waals surface area contributed by atoms with Gasteiger partial charge in [0.2, 0.25) is 5.91 Å². The molecule has 0 aliphatic rings. The third-order valence-corrected chi connectivity index (χ3v) is 6.40. The first kappa shape index (κ1) is 23.6. The molecule has 1 aromatic heterocycles. The highest BCUT2D eigenvalue weighted by Crippen LogP contribution is 2.23. The summed E-state index contributed by atoms with van der Waals surface area (Å²) >= 11 is 1.37. The van der Waals surface area contributed by atoms with E-state index in [1.165, 1.54) is 11.8 Å². The van der Waals surface area contributed by atoms with Crippen LogP contribution >= 0.6 is 11.8 Å². The zero-order valence-corrected chi connectivity index (χ0v) is 20.2. The van der Waals surface area contributed by atoms with Crippen molar-refractivity contribution in [1.82, 2.24) is 14.8 Å². The third kappa shape index (κ3) is 6.05. The molecule has 0 radical (unpaired) electrons. The van der Waals surface area contributed by atoms with E-state index in [-0.39, 0.29) is 11.7 Å². The fraction of sp³-hybridized carbons (Fsp3) is 0.222. The predicted octanol–water partition coefficient (Wildman–Crippen LogP) is 5.51. The first-order valence-electron chi connectivity index (χ1n) is 11.3. The van der Waals surface area contributed by atoms with Crippen molar-refractivity contribution >= 4 is 23.4 Å². The van der Waals surface area contributed by atoms with Gasteiger partial charge in [0.1, 0.15) is 12.4 Å². The smallest absolute Gasteiger partial charge is 0.234 e. The molecule has 1 N–H and O–H groups in total. The van der Waals surface area contributed by atoms with Crippen LogP contribution < -0.4 is 10.1 Å². The SMILES string of the molecule is CCc1ccccc1NC(=O)CSc1nnc(COc2ccccc2C)n1Cc1ccccc1. The first-order chi connectivity index (χ1) is 16.6. The van der Waals surface area contributed by atoms with Crippen LogP contribution in [0, 0.1) is 6.92 Å². The lowest BCUT2D eigenvalue weighted by Crippen LogP contribution is -2.16. The second kappa shape index (κ2) is 11.5. The minimum atomic E-state index is -0.0714. The second-order valence-electron chi connectivity index (χ2n) is 7.87. The summed E-state index contributed by atoms with van der Waals surface area (Å²) in [6.07, 6.45) is 0.860. The summed E-state index contributed by atoms with van der Waals surface area (Å²) in [4.78, 5) is 12.7. The van der Waals surface area contributed by atoms with Crippen LogP contribution in [0.2, 0.25) is 0 Å². The van der Waals surface area contributed by atoms with Crippen LogP contribution in [-0.4, -0.2) is 26.4 Å². The number of aryl methyl sites for hydroxylation is 2. The Morgan fingerprint density at radius 1 is 0.971 bits per heavy atom. The molecule has 174 valence electrons. The van der Waals surface area contributed by atoms with Crippen LogP contribution in [0.3, 0.4) is 0 Å². The molecule has 0 spiro atoms. The first-order valence-corrected chi connectivity index (χ1v) is 12.3. The molecule has 1 heterocycles. The van der Waals surface area contributed by atoms with Crippen molar-refractivity contribution in [2.45, 2.75) is 38.6 Å². The maximum absolute atomic E-state index is 12.7. The molecular formula is C27H28N4O2S. The maximum atomic E-state index is 12.7. The lowest BCUT2D eigenvalue weighted by atomic mass is 10.1. The fourth-order valence-electron chi connectivity index (χ4n) is 3.58. The molecular weight excluding hydrogens is 444 g/mol. The average molecular weight is 473 g/mol. The number of para-hydroxylation sites is 2. The molecule has 0 bridgehead atoms. The summed E-state index contributed by atoms with van der Waals surface area (Å²) in [7, 11) is 0. The van der Waals surface area contributed by atoms with E-state index in [1.807, 2.05) is 78.2 Å². The Balaban J connectivity index is 1.48. The van der Waals surface area contributed by atoms with E-state index >= 15 is 0 Å². The van der Waals surface area contributed by atoms with Crippen molar-refractivity contribution in [2.75, 3.05) is 11.1 Å². The quantitative estimate of drug-likeness (QED) is 0.308. The molecule has 7 heteroatoms. The van der Waals surface area contributed by atoms with Gasteiger partial charge in [-0.25, -0.2) is 0 Å². The van der Waals surface area contributed by atoms with Crippen LogP contribution in [-0.2, 0) is 24.4 Å². The number of nitrogens with one attached hydrogen (secondary N) is 1. The fourth-order valence-corrected chi connectivity index (χ4v) is 4.34. The van der Waals surface area contributed by atoms with Gasteiger partial charge in [0.05, 0.1) is 12.3 Å². The number of anilines is 1. The summed E-state index contributed by atoms with van der Waals surface area (Å²) < 4.78 is 8.05. The zero-order chi connectivity index (χ0) is 23.8. The van der Waals surface area contributed by atoms with E-state index in [0.29, 0.717) is 24.1 Å². The van der Waals surface area contributed by atoms with Gasteiger partial charge in [-0.3, -0.25) is 9.36 Å². The molecule has 34 heavy (non-hydrogen) atoms. The van der Waals surface area contributed by atoms with E-state index < -0.39 is 0 Å². The molecule has 3 aromatic carbocycles. The van der Waals surface area contributed by atoms with Gasteiger partial charge < -0.3 is 10.1 Å². The van der Waals surface area contributed by atoms with Crippen molar-refractivity contribution in [2.24, 2.45) is 0 Å². The van der Waals surface area contributed by atoms with Crippen LogP contribution in [0.25, 0.3) is 0 Å². The van der Waals surface area contributed by atoms with E-state index in [9.17, 15) is 4.79 Å². The van der Waals surface area contributed by atoms with Crippen LogP contribution in [0.5, 0.6) is 5.75 Å². The van der Waals surface area contributed by atoms with E-state index in [4.69, 9.17) is 4.74 Å². The predicted molar refractivity (Wildman–Crippen MR) is 136 cm³/mol. The van der Waals surface area contributed by atoms with Crippen molar-refractivity contribution < 1.29 is 9.53 Å². The van der Waals surface area contributed by atoms with E-state index in [1.54, 1.807) is 0 Å². The van der Waals surface area contributed by atoms with Gasteiger partial charge >= 0.3 is 0 Å². The largest absolute Gasteiger partial charge is 0.485 e. The van der Waals surface area contributed by atoms with Gasteiger partial charge in [0.25, 0.3) is 0 Å². The van der Waals surface area contributed by atoms with Crippen LogP contribution in [0.15, 0.2) is 84.0 Å². The molecule has 6 nitrogen and oxygen atoms in total. The highest BCUT2D eigenvalue weighted by molar-refractivity contribution is 7.99. The monoisotopic (exact) mass is 472 g/mol. The number of rotatable bonds is 10. The van der Waals surface area contributed by atoms with Gasteiger partial charge in [-0.15, -0.1) is 10.2 Å². The molecule has 4 aromatic rings. The Hall–Kier alpha value is -3.58. The number of carbonyl (C=O) groups excluding carboxylic acids is 1. The number of aromatic nitrogens is 3. The highest BCUT2D eigenvalue weighted by atomic mass is 32.2. The lowest BCUT2D eigenvalue weighted by Gasteiger charge is -2.13. The second-order valence-corrected chi connectivity index (χ2v) is 8.81. The van der Waals surface area contributed by atoms with Crippen molar-refractivity contribution in [3.8, 4) is 5.75 Å². The highest BCUT2D eigenvalue weighted by Gasteiger charge is 2.16. The number of ether oxygens (including phenoxy) is 1. The van der Waals surface area contributed by atoms with Gasteiger partial charge in [-0.2, -0.15) is 0 Å². The van der Waals surface area contributed by atoms with E-state index in [2.05, 4.69) is 34.6 Å². The molecule has 0 aliphatic carbocycles. The number of hydrogen-bond donors (Lipinski definition) is 1. The normalized spacial score (nSPS) is 10.8. The zero-order valence-electron chi connectivity index (χ0n) is 19.4. The molecule has 0 saturated carbocycles. The van der Waals surface area contributed by atoms with Crippen molar-refractivity contribution in [3.63, 3.8) is 0 Å². The molecule has 1 amide bonds. The molecule has 0 atom stereocenters. The minimum absolute atomic E-state index is 0.0714. The summed E-state index contributed by atoms with van der Waals surface area (Å²) in [5, 5.41) is 12.5. The summed E-state index contributed by atoms with van der Waals surface area (Å²) in [5.41, 5.74) is 4.16. The van der Waals surface area contributed by atoms with Crippen molar-refractivity contribution in [3.05, 3.63) is 101 Å². The third-order valence-electron chi connectivity index (χ3n) is 5.43. The lowest BCUT2D eigenvalue weighted by molar-refractivity contribution is -0.113. The van der Waals surface area contributed by atoms with Gasteiger partial charge in [0, 0.05) is 5.69 Å². The Labute approximate surface area is 204 Å². The summed E-state index contributed by atoms with van der Waals surface area (Å²) in [5.74, 6) is 1.70. The Bertz CT molecular complexity index is 1240. The van der Waals surface area contributed by atoms with Gasteiger partial charge in [0.15, 0.2) is 11.0 Å². The summed E-state index contributed by atoms with van der Waals surface area (Å²) in [6, 6.07) is 25.9. The number of amides is 1. The minimum Gasteiger partial charge on any atom is -0.485 e. The molecule has 4 rings (SSSR count). The number of benzene rings is 3. The molecule has 0 fully saturated rings. The summed E-state index contributed by atoms with van der Waals surface area (Å²) in [6.45, 7) is 4.98. The van der Waals surface area contributed by atoms with Crippen LogP contribution in [0.1, 0.15) is 29.4 Å². The van der Waals surface area contributed by atoms with E-state index in [0.717, 1.165) is 34.5 Å². The topological polar surface area (TPSA) is 69.0 Å². The number of carbonyl (C=O) groups is 1. The standard InChI is InChI=1S/C27H28N4O2S/c1-3-22-14-8-9-15-23(22)28-26(32)19-34-27-30-29-25(18-33-24-16-10-7-11-20(24)2)31(27)17-21-12-5-4-6-13-21/h4-16H,3,17-19H2,1-2H3,(H,28,32). The number of nitrogens with zero attached hydrogens (tertiary/aromatic N) is 3. The average Bonchev–Trinajstić information content (AvgIpc) is 3.24. The maximum Gasteiger partial charge on any atom is 0.234 e. The number of thioether (sulfide) groups is 1. The van der Waals surface area contributed by atoms with Gasteiger partial charge in [-0.05, 0) is 42.2 Å². The Kier molecular flexibility index (Phi) is 7.99. The molecule has 0 saturated heterocycles. The number of hydrogen-bond acceptors (Lipinski definition) is 5. The molecule has 0 unspecified atom stereocenters. The van der Waals surface area contributed by atoms with Crippen molar-refractivity contribution in [1.29, 1.82) is 0 Å². The Morgan fingerprint density at radius 3 is 2.50 bits per heavy atom. The van der Waals surface area contributed by atoms with Gasteiger partial charge in [-0.1, -0.05) is 85.4 Å². The Morgan fingerprint density at radius 2 is 1.71 bits per heavy atom. The van der Waals surface area contributed by atoms with Crippen LogP contribution in [0.4, 0.5) is 5.69 Å².